The number of carbonyl (C=O) groups is 3. The summed E-state index contributed by atoms with van der Waals surface area (Å²) in [6.07, 6.45) is -2.05. The minimum Gasteiger partial charge on any atom is -0.406 e. The second-order valence-electron chi connectivity index (χ2n) is 6.48. The van der Waals surface area contributed by atoms with Crippen LogP contribution < -0.4 is 20.7 Å². The monoisotopic (exact) mass is 422 g/mol. The first-order chi connectivity index (χ1) is 14.2. The fourth-order valence-corrected chi connectivity index (χ4v) is 2.52. The lowest BCUT2D eigenvalue weighted by atomic mass is 10.1. The Morgan fingerprint density at radius 1 is 1.07 bits per heavy atom. The molecule has 1 aromatic carbocycles. The summed E-state index contributed by atoms with van der Waals surface area (Å²) < 4.78 is 40.5. The van der Waals surface area contributed by atoms with Gasteiger partial charge in [-0.2, -0.15) is 0 Å². The quantitative estimate of drug-likeness (QED) is 0.663. The molecular formula is C19H17F3N4O4. The first-order valence-corrected chi connectivity index (χ1v) is 8.86. The number of hydrogen-bond donors (Lipinski definition) is 3. The second-order valence-corrected chi connectivity index (χ2v) is 6.48. The fourth-order valence-electron chi connectivity index (χ4n) is 2.52. The minimum atomic E-state index is -4.84. The maximum atomic E-state index is 12.5. The molecule has 0 aliphatic heterocycles. The summed E-state index contributed by atoms with van der Waals surface area (Å²) in [6, 6.07) is 5.62. The number of benzene rings is 1. The number of nitrogens with one attached hydrogen (secondary N) is 3. The molecule has 1 aliphatic rings. The minimum absolute atomic E-state index is 0.0350. The van der Waals surface area contributed by atoms with Crippen LogP contribution in [0.2, 0.25) is 0 Å². The van der Waals surface area contributed by atoms with Gasteiger partial charge in [0.2, 0.25) is 5.91 Å². The largest absolute Gasteiger partial charge is 0.573 e. The molecule has 1 saturated carbocycles. The Morgan fingerprint density at radius 2 is 1.73 bits per heavy atom. The van der Waals surface area contributed by atoms with E-state index in [0.29, 0.717) is 0 Å². The third-order valence-corrected chi connectivity index (χ3v) is 4.17. The fraction of sp³-hybridized carbons (Fsp3) is 0.263. The van der Waals surface area contributed by atoms with Crippen molar-refractivity contribution in [1.82, 2.24) is 10.3 Å². The molecule has 3 amide bonds. The van der Waals surface area contributed by atoms with Gasteiger partial charge in [0.15, 0.2) is 0 Å². The molecule has 0 spiro atoms. The van der Waals surface area contributed by atoms with Gasteiger partial charge in [-0.3, -0.25) is 14.4 Å². The predicted molar refractivity (Wildman–Crippen MR) is 100 cm³/mol. The van der Waals surface area contributed by atoms with Crippen LogP contribution in [0.4, 0.5) is 24.7 Å². The van der Waals surface area contributed by atoms with Gasteiger partial charge in [-0.1, -0.05) is 0 Å². The highest BCUT2D eigenvalue weighted by molar-refractivity contribution is 6.09. The lowest BCUT2D eigenvalue weighted by Gasteiger charge is -2.13. The first kappa shape index (κ1) is 21.1. The molecule has 30 heavy (non-hydrogen) atoms. The van der Waals surface area contributed by atoms with E-state index in [4.69, 9.17) is 0 Å². The summed E-state index contributed by atoms with van der Waals surface area (Å²) in [7, 11) is 1.40. The number of ether oxygens (including phenoxy) is 1. The van der Waals surface area contributed by atoms with Gasteiger partial charge in [0.05, 0.1) is 11.3 Å². The summed E-state index contributed by atoms with van der Waals surface area (Å²) in [4.78, 5) is 40.5. The zero-order chi connectivity index (χ0) is 21.9. The van der Waals surface area contributed by atoms with Crippen molar-refractivity contribution in [1.29, 1.82) is 0 Å². The van der Waals surface area contributed by atoms with Crippen LogP contribution in [0, 0.1) is 5.92 Å². The molecule has 1 heterocycles. The molecule has 3 N–H and O–H groups in total. The van der Waals surface area contributed by atoms with Crippen LogP contribution in [0.3, 0.4) is 0 Å². The van der Waals surface area contributed by atoms with E-state index in [1.54, 1.807) is 0 Å². The number of halogens is 3. The van der Waals surface area contributed by atoms with Crippen LogP contribution in [0.1, 0.15) is 33.6 Å². The highest BCUT2D eigenvalue weighted by Crippen LogP contribution is 2.30. The number of hydrogen-bond acceptors (Lipinski definition) is 5. The molecule has 0 radical (unpaired) electrons. The Kier molecular flexibility index (Phi) is 5.90. The van der Waals surface area contributed by atoms with Crippen molar-refractivity contribution in [2.24, 2.45) is 5.92 Å². The molecule has 3 rings (SSSR count). The van der Waals surface area contributed by atoms with Crippen molar-refractivity contribution in [3.63, 3.8) is 0 Å². The molecule has 158 valence electrons. The molecule has 11 heteroatoms. The Morgan fingerprint density at radius 3 is 2.30 bits per heavy atom. The highest BCUT2D eigenvalue weighted by atomic mass is 19.4. The van der Waals surface area contributed by atoms with Crippen molar-refractivity contribution in [3.8, 4) is 5.75 Å². The number of rotatable bonds is 6. The average Bonchev–Trinajstić information content (AvgIpc) is 3.52. The van der Waals surface area contributed by atoms with E-state index >= 15 is 0 Å². The SMILES string of the molecule is CNC(=O)c1cnc(NC(=O)C2CC2)cc1NC(=O)c1ccc(OC(F)(F)F)cc1. The summed E-state index contributed by atoms with van der Waals surface area (Å²) in [5.41, 5.74) is 0.163. The molecule has 8 nitrogen and oxygen atoms in total. The van der Waals surface area contributed by atoms with Gasteiger partial charge < -0.3 is 20.7 Å². The Bertz CT molecular complexity index is 973. The van der Waals surface area contributed by atoms with Gasteiger partial charge in [-0.25, -0.2) is 4.98 Å². The average molecular weight is 422 g/mol. The van der Waals surface area contributed by atoms with E-state index in [0.717, 1.165) is 37.1 Å². The van der Waals surface area contributed by atoms with Crippen molar-refractivity contribution in [2.75, 3.05) is 17.7 Å². The zero-order valence-corrected chi connectivity index (χ0v) is 15.7. The molecule has 1 aromatic heterocycles. The van der Waals surface area contributed by atoms with E-state index in [1.807, 2.05) is 0 Å². The van der Waals surface area contributed by atoms with E-state index < -0.39 is 23.9 Å². The Balaban J connectivity index is 1.79. The molecule has 1 fully saturated rings. The van der Waals surface area contributed by atoms with E-state index in [9.17, 15) is 27.6 Å². The van der Waals surface area contributed by atoms with Crippen LogP contribution in [-0.4, -0.2) is 36.1 Å². The molecule has 2 aromatic rings. The summed E-state index contributed by atoms with van der Waals surface area (Å²) in [5, 5.41) is 7.54. The van der Waals surface area contributed by atoms with Gasteiger partial charge in [0, 0.05) is 30.8 Å². The lowest BCUT2D eigenvalue weighted by molar-refractivity contribution is -0.274. The van der Waals surface area contributed by atoms with Crippen LogP contribution in [0.5, 0.6) is 5.75 Å². The molecule has 1 aliphatic carbocycles. The van der Waals surface area contributed by atoms with Crippen molar-refractivity contribution < 1.29 is 32.3 Å². The first-order valence-electron chi connectivity index (χ1n) is 8.86. The van der Waals surface area contributed by atoms with E-state index in [1.165, 1.54) is 19.3 Å². The number of anilines is 2. The van der Waals surface area contributed by atoms with Gasteiger partial charge in [0.25, 0.3) is 11.8 Å². The highest BCUT2D eigenvalue weighted by Gasteiger charge is 2.31. The third kappa shape index (κ3) is 5.46. The number of pyridine rings is 1. The topological polar surface area (TPSA) is 109 Å². The maximum absolute atomic E-state index is 12.5. The Labute approximate surface area is 168 Å². The van der Waals surface area contributed by atoms with Gasteiger partial charge in [-0.15, -0.1) is 13.2 Å². The number of nitrogens with zero attached hydrogens (tertiary/aromatic N) is 1. The van der Waals surface area contributed by atoms with Crippen molar-refractivity contribution in [3.05, 3.63) is 47.7 Å². The van der Waals surface area contributed by atoms with E-state index in [-0.39, 0.29) is 34.5 Å². The Hall–Kier alpha value is -3.63. The zero-order valence-electron chi connectivity index (χ0n) is 15.7. The molecule has 0 atom stereocenters. The van der Waals surface area contributed by atoms with Crippen molar-refractivity contribution >= 4 is 29.2 Å². The summed E-state index contributed by atoms with van der Waals surface area (Å²) in [6.45, 7) is 0. The van der Waals surface area contributed by atoms with Gasteiger partial charge in [-0.05, 0) is 37.1 Å². The molecular weight excluding hydrogens is 405 g/mol. The smallest absolute Gasteiger partial charge is 0.406 e. The van der Waals surface area contributed by atoms with Crippen LogP contribution in [0.15, 0.2) is 36.5 Å². The maximum Gasteiger partial charge on any atom is 0.573 e. The summed E-state index contributed by atoms with van der Waals surface area (Å²) in [5.74, 6) is -1.78. The standard InChI is InChI=1S/C19H17F3N4O4/c1-23-18(29)13-9-24-15(26-17(28)10-2-3-10)8-14(13)25-16(27)11-4-6-12(7-5-11)30-19(20,21)22/h4-10H,2-3H2,1H3,(H,23,29)(H2,24,25,26,27,28). The van der Waals surface area contributed by atoms with Crippen molar-refractivity contribution in [2.45, 2.75) is 19.2 Å². The number of alkyl halides is 3. The van der Waals surface area contributed by atoms with Gasteiger partial charge in [0.1, 0.15) is 11.6 Å². The predicted octanol–water partition coefficient (Wildman–Crippen LogP) is 2.94. The number of carbonyl (C=O) groups excluding carboxylic acids is 3. The van der Waals surface area contributed by atoms with E-state index in [2.05, 4.69) is 25.7 Å². The van der Waals surface area contributed by atoms with Crippen LogP contribution in [-0.2, 0) is 4.79 Å². The number of amides is 3. The summed E-state index contributed by atoms with van der Waals surface area (Å²) >= 11 is 0. The molecule has 0 saturated heterocycles. The third-order valence-electron chi connectivity index (χ3n) is 4.17. The second kappa shape index (κ2) is 8.39. The normalized spacial score (nSPS) is 13.3. The number of aromatic nitrogens is 1. The molecule has 0 bridgehead atoms. The van der Waals surface area contributed by atoms with Crippen LogP contribution in [0.25, 0.3) is 0 Å². The van der Waals surface area contributed by atoms with Crippen LogP contribution >= 0.6 is 0 Å². The molecule has 0 unspecified atom stereocenters. The lowest BCUT2D eigenvalue weighted by Crippen LogP contribution is -2.23. The van der Waals surface area contributed by atoms with Gasteiger partial charge >= 0.3 is 6.36 Å².